The number of carbonyl (C=O) groups excluding carboxylic acids is 2. The van der Waals surface area contributed by atoms with Crippen LogP contribution in [-0.4, -0.2) is 57.3 Å². The zero-order valence-corrected chi connectivity index (χ0v) is 14.7. The van der Waals surface area contributed by atoms with Gasteiger partial charge in [0.15, 0.2) is 0 Å². The number of nitrogens with zero attached hydrogens (tertiary/aromatic N) is 4. The number of amides is 2. The molecular weight excluding hydrogens is 330 g/mol. The van der Waals surface area contributed by atoms with E-state index in [1.54, 1.807) is 0 Å². The van der Waals surface area contributed by atoms with E-state index in [-0.39, 0.29) is 5.91 Å². The van der Waals surface area contributed by atoms with Gasteiger partial charge in [-0.25, -0.2) is 4.98 Å². The summed E-state index contributed by atoms with van der Waals surface area (Å²) in [6, 6.07) is 10.5. The maximum atomic E-state index is 12.7. The van der Waals surface area contributed by atoms with Gasteiger partial charge >= 0.3 is 0 Å². The summed E-state index contributed by atoms with van der Waals surface area (Å²) in [5.41, 5.74) is 7.12. The maximum absolute atomic E-state index is 12.7. The molecule has 0 bridgehead atoms. The highest BCUT2D eigenvalue weighted by Gasteiger charge is 2.29. The molecule has 2 amide bonds. The molecule has 7 heteroatoms. The third-order valence-corrected chi connectivity index (χ3v) is 5.37. The van der Waals surface area contributed by atoms with Gasteiger partial charge < -0.3 is 15.2 Å². The van der Waals surface area contributed by atoms with Crippen LogP contribution >= 0.6 is 0 Å². The van der Waals surface area contributed by atoms with E-state index in [0.29, 0.717) is 37.8 Å². The van der Waals surface area contributed by atoms with Gasteiger partial charge in [0.1, 0.15) is 11.5 Å². The summed E-state index contributed by atoms with van der Waals surface area (Å²) < 4.78 is 1.81. The van der Waals surface area contributed by atoms with E-state index >= 15 is 0 Å². The SMILES string of the molecule is NC(=O)c1cnc2n1CCN(C(=O)CN1CCC(c3ccccc3)C1)C2. The summed E-state index contributed by atoms with van der Waals surface area (Å²) in [5, 5.41) is 0. The van der Waals surface area contributed by atoms with Gasteiger partial charge in [-0.1, -0.05) is 30.3 Å². The molecule has 2 aliphatic heterocycles. The van der Waals surface area contributed by atoms with Crippen LogP contribution in [0.2, 0.25) is 0 Å². The van der Waals surface area contributed by atoms with E-state index < -0.39 is 5.91 Å². The van der Waals surface area contributed by atoms with Crippen LogP contribution < -0.4 is 5.73 Å². The summed E-state index contributed by atoms with van der Waals surface area (Å²) in [4.78, 5) is 32.4. The lowest BCUT2D eigenvalue weighted by Crippen LogP contribution is -2.44. The first-order valence-electron chi connectivity index (χ1n) is 9.01. The van der Waals surface area contributed by atoms with Crippen molar-refractivity contribution in [3.8, 4) is 0 Å². The molecule has 0 saturated carbocycles. The number of hydrogen-bond donors (Lipinski definition) is 1. The van der Waals surface area contributed by atoms with Crippen molar-refractivity contribution in [2.24, 2.45) is 5.73 Å². The Morgan fingerprint density at radius 2 is 1.96 bits per heavy atom. The van der Waals surface area contributed by atoms with Crippen LogP contribution in [0.3, 0.4) is 0 Å². The van der Waals surface area contributed by atoms with Crippen LogP contribution in [0.15, 0.2) is 36.5 Å². The quantitative estimate of drug-likeness (QED) is 0.882. The van der Waals surface area contributed by atoms with Gasteiger partial charge in [-0.15, -0.1) is 0 Å². The number of carbonyl (C=O) groups is 2. The second kappa shape index (κ2) is 6.92. The molecule has 1 unspecified atom stereocenters. The molecule has 136 valence electrons. The van der Waals surface area contributed by atoms with E-state index in [9.17, 15) is 9.59 Å². The third-order valence-electron chi connectivity index (χ3n) is 5.37. The summed E-state index contributed by atoms with van der Waals surface area (Å²) >= 11 is 0. The highest BCUT2D eigenvalue weighted by molar-refractivity contribution is 5.91. The van der Waals surface area contributed by atoms with Crippen LogP contribution in [-0.2, 0) is 17.9 Å². The van der Waals surface area contributed by atoms with Gasteiger partial charge in [0.2, 0.25) is 5.91 Å². The molecule has 26 heavy (non-hydrogen) atoms. The van der Waals surface area contributed by atoms with Gasteiger partial charge in [-0.3, -0.25) is 14.5 Å². The average Bonchev–Trinajstić information content (AvgIpc) is 3.28. The number of rotatable bonds is 4. The summed E-state index contributed by atoms with van der Waals surface area (Å²) in [7, 11) is 0. The molecule has 1 fully saturated rings. The standard InChI is InChI=1S/C19H23N5O2/c20-19(26)16-10-21-17-12-23(8-9-24(16)17)18(25)13-22-7-6-15(11-22)14-4-2-1-3-5-14/h1-5,10,15H,6-9,11-13H2,(H2,20,26). The van der Waals surface area contributed by atoms with E-state index in [1.807, 2.05) is 15.5 Å². The minimum absolute atomic E-state index is 0.119. The van der Waals surface area contributed by atoms with Crippen LogP contribution in [0, 0.1) is 0 Å². The van der Waals surface area contributed by atoms with Crippen LogP contribution in [0.25, 0.3) is 0 Å². The second-order valence-corrected chi connectivity index (χ2v) is 7.02. The molecule has 1 saturated heterocycles. The fourth-order valence-electron chi connectivity index (χ4n) is 3.93. The topological polar surface area (TPSA) is 84.5 Å². The first-order valence-corrected chi connectivity index (χ1v) is 9.01. The fraction of sp³-hybridized carbons (Fsp3) is 0.421. The van der Waals surface area contributed by atoms with E-state index in [1.165, 1.54) is 11.8 Å². The highest BCUT2D eigenvalue weighted by Crippen LogP contribution is 2.27. The number of benzene rings is 1. The molecule has 0 aliphatic carbocycles. The summed E-state index contributed by atoms with van der Waals surface area (Å²) in [6.07, 6.45) is 2.58. The smallest absolute Gasteiger partial charge is 0.266 e. The molecule has 2 aliphatic rings. The number of aromatic nitrogens is 2. The van der Waals surface area contributed by atoms with Gasteiger partial charge in [0, 0.05) is 19.6 Å². The van der Waals surface area contributed by atoms with Crippen molar-refractivity contribution in [3.63, 3.8) is 0 Å². The molecule has 4 rings (SSSR count). The number of fused-ring (bicyclic) bond motifs is 1. The molecule has 1 aromatic heterocycles. The fourth-order valence-corrected chi connectivity index (χ4v) is 3.93. The lowest BCUT2D eigenvalue weighted by atomic mass is 9.99. The van der Waals surface area contributed by atoms with Crippen molar-refractivity contribution in [1.82, 2.24) is 19.4 Å². The number of primary amides is 1. The lowest BCUT2D eigenvalue weighted by Gasteiger charge is -2.29. The van der Waals surface area contributed by atoms with Crippen molar-refractivity contribution in [1.29, 1.82) is 0 Å². The van der Waals surface area contributed by atoms with E-state index in [2.05, 4.69) is 34.1 Å². The number of hydrogen-bond acceptors (Lipinski definition) is 4. The van der Waals surface area contributed by atoms with Crippen molar-refractivity contribution < 1.29 is 9.59 Å². The van der Waals surface area contributed by atoms with Crippen LogP contribution in [0.5, 0.6) is 0 Å². The van der Waals surface area contributed by atoms with Crippen molar-refractivity contribution in [3.05, 3.63) is 53.6 Å². The number of imidazole rings is 1. The molecule has 2 aromatic rings. The van der Waals surface area contributed by atoms with Gasteiger partial charge in [-0.05, 0) is 24.4 Å². The van der Waals surface area contributed by atoms with Crippen LogP contribution in [0.4, 0.5) is 0 Å². The molecule has 1 aromatic carbocycles. The minimum Gasteiger partial charge on any atom is -0.364 e. The zero-order valence-electron chi connectivity index (χ0n) is 14.7. The summed E-state index contributed by atoms with van der Waals surface area (Å²) in [5.74, 6) is 0.866. The first kappa shape index (κ1) is 16.8. The Kier molecular flexibility index (Phi) is 4.46. The molecule has 0 radical (unpaired) electrons. The average molecular weight is 353 g/mol. The van der Waals surface area contributed by atoms with Crippen molar-refractivity contribution in [2.75, 3.05) is 26.2 Å². The Morgan fingerprint density at radius 1 is 1.15 bits per heavy atom. The number of likely N-dealkylation sites (tertiary alicyclic amines) is 1. The molecule has 3 heterocycles. The Labute approximate surface area is 152 Å². The van der Waals surface area contributed by atoms with Gasteiger partial charge in [0.05, 0.1) is 19.3 Å². The van der Waals surface area contributed by atoms with Gasteiger partial charge in [0.25, 0.3) is 5.91 Å². The number of nitrogens with two attached hydrogens (primary N) is 1. The Bertz CT molecular complexity index is 817. The van der Waals surface area contributed by atoms with Crippen molar-refractivity contribution in [2.45, 2.75) is 25.4 Å². The largest absolute Gasteiger partial charge is 0.364 e. The maximum Gasteiger partial charge on any atom is 0.266 e. The van der Waals surface area contributed by atoms with Gasteiger partial charge in [-0.2, -0.15) is 0 Å². The molecule has 7 nitrogen and oxygen atoms in total. The predicted octanol–water partition coefficient (Wildman–Crippen LogP) is 0.814. The Balaban J connectivity index is 1.35. The second-order valence-electron chi connectivity index (χ2n) is 7.02. The Hall–Kier alpha value is -2.67. The normalized spacial score (nSPS) is 20.2. The predicted molar refractivity (Wildman–Crippen MR) is 96.4 cm³/mol. The molecular formula is C19H23N5O2. The Morgan fingerprint density at radius 3 is 2.73 bits per heavy atom. The van der Waals surface area contributed by atoms with E-state index in [0.717, 1.165) is 25.3 Å². The van der Waals surface area contributed by atoms with E-state index in [4.69, 9.17) is 5.73 Å². The molecule has 1 atom stereocenters. The summed E-state index contributed by atoms with van der Waals surface area (Å²) in [6.45, 7) is 3.88. The monoisotopic (exact) mass is 353 g/mol. The first-order chi connectivity index (χ1) is 12.6. The molecule has 0 spiro atoms. The highest BCUT2D eigenvalue weighted by atomic mass is 16.2. The minimum atomic E-state index is -0.479. The third kappa shape index (κ3) is 3.22. The molecule has 2 N–H and O–H groups in total. The van der Waals surface area contributed by atoms with Crippen LogP contribution in [0.1, 0.15) is 34.2 Å². The zero-order chi connectivity index (χ0) is 18.1. The van der Waals surface area contributed by atoms with Crippen molar-refractivity contribution >= 4 is 11.8 Å². The lowest BCUT2D eigenvalue weighted by molar-refractivity contribution is -0.133.